The summed E-state index contributed by atoms with van der Waals surface area (Å²) in [5.41, 5.74) is 1.95. The quantitative estimate of drug-likeness (QED) is 0.400. The topological polar surface area (TPSA) is 85.3 Å². The highest BCUT2D eigenvalue weighted by atomic mass is 16.6. The van der Waals surface area contributed by atoms with E-state index in [-0.39, 0.29) is 12.5 Å². The molecule has 0 bridgehead atoms. The van der Waals surface area contributed by atoms with Crippen LogP contribution in [0.3, 0.4) is 0 Å². The van der Waals surface area contributed by atoms with Crippen molar-refractivity contribution in [1.82, 2.24) is 4.90 Å². The highest BCUT2D eigenvalue weighted by Crippen LogP contribution is 2.17. The van der Waals surface area contributed by atoms with E-state index in [0.717, 1.165) is 24.0 Å². The first kappa shape index (κ1) is 27.2. The van der Waals surface area contributed by atoms with Crippen molar-refractivity contribution in [1.29, 1.82) is 0 Å². The van der Waals surface area contributed by atoms with Crippen molar-refractivity contribution in [2.24, 2.45) is 5.92 Å². The molecule has 0 spiro atoms. The van der Waals surface area contributed by atoms with Gasteiger partial charge in [0, 0.05) is 19.6 Å². The number of carboxylic acids is 1. The van der Waals surface area contributed by atoms with Gasteiger partial charge < -0.3 is 24.2 Å². The van der Waals surface area contributed by atoms with Crippen molar-refractivity contribution in [2.75, 3.05) is 26.3 Å². The molecule has 7 heteroatoms. The fourth-order valence-electron chi connectivity index (χ4n) is 3.52. The molecule has 0 radical (unpaired) electrons. The van der Waals surface area contributed by atoms with Gasteiger partial charge in [-0.1, -0.05) is 56.5 Å². The molecule has 0 saturated carbocycles. The number of carboxylic acid groups (broad SMARTS) is 1. The predicted octanol–water partition coefficient (Wildman–Crippen LogP) is 5.34. The highest BCUT2D eigenvalue weighted by molar-refractivity contribution is 5.72. The summed E-state index contributed by atoms with van der Waals surface area (Å²) in [4.78, 5) is 25.8. The van der Waals surface area contributed by atoms with Gasteiger partial charge in [-0.05, 0) is 49.6 Å². The maximum Gasteiger partial charge on any atom is 0.415 e. The van der Waals surface area contributed by atoms with Crippen LogP contribution in [0.15, 0.2) is 48.5 Å². The van der Waals surface area contributed by atoms with E-state index < -0.39 is 12.1 Å². The number of hydrogen-bond donors (Lipinski definition) is 1. The number of hydrogen-bond acceptors (Lipinski definition) is 5. The first-order valence-electron chi connectivity index (χ1n) is 12.0. The minimum atomic E-state index is -0.975. The van der Waals surface area contributed by atoms with E-state index in [2.05, 4.69) is 13.8 Å². The molecule has 2 aromatic rings. The van der Waals surface area contributed by atoms with Crippen LogP contribution >= 0.6 is 0 Å². The third kappa shape index (κ3) is 9.06. The molecule has 2 rings (SSSR count). The molecule has 0 fully saturated rings. The molecule has 0 saturated heterocycles. The van der Waals surface area contributed by atoms with Gasteiger partial charge in [0.15, 0.2) is 6.10 Å². The van der Waals surface area contributed by atoms with E-state index in [0.29, 0.717) is 43.7 Å². The largest absolute Gasteiger partial charge is 0.492 e. The van der Waals surface area contributed by atoms with Crippen molar-refractivity contribution in [3.63, 3.8) is 0 Å². The molecule has 2 aromatic carbocycles. The Kier molecular flexibility index (Phi) is 11.4. The van der Waals surface area contributed by atoms with Gasteiger partial charge in [-0.3, -0.25) is 0 Å². The molecule has 1 amide bonds. The zero-order chi connectivity index (χ0) is 24.9. The second-order valence-electron chi connectivity index (χ2n) is 8.29. The molecule has 0 aliphatic rings. The Morgan fingerprint density at radius 1 is 0.941 bits per heavy atom. The number of nitrogens with zero attached hydrogens (tertiary/aromatic N) is 1. The molecule has 186 valence electrons. The van der Waals surface area contributed by atoms with Gasteiger partial charge >= 0.3 is 12.1 Å². The van der Waals surface area contributed by atoms with E-state index in [4.69, 9.17) is 14.2 Å². The second kappa shape index (κ2) is 14.3. The molecule has 1 atom stereocenters. The highest BCUT2D eigenvalue weighted by Gasteiger charge is 2.20. The average Bonchev–Trinajstić information content (AvgIpc) is 2.83. The van der Waals surface area contributed by atoms with Crippen LogP contribution < -0.4 is 9.47 Å². The Morgan fingerprint density at radius 3 is 2.12 bits per heavy atom. The van der Waals surface area contributed by atoms with Crippen LogP contribution in [0, 0.1) is 12.8 Å². The van der Waals surface area contributed by atoms with E-state index in [1.54, 1.807) is 36.1 Å². The fraction of sp³-hybridized carbons (Fsp3) is 0.481. The number of ether oxygens (including phenoxy) is 3. The first-order chi connectivity index (χ1) is 16.4. The molecule has 0 heterocycles. The Morgan fingerprint density at radius 2 is 1.56 bits per heavy atom. The van der Waals surface area contributed by atoms with E-state index in [1.807, 2.05) is 31.2 Å². The zero-order valence-corrected chi connectivity index (χ0v) is 20.7. The lowest BCUT2D eigenvalue weighted by molar-refractivity contribution is -0.149. The molecule has 1 unspecified atom stereocenters. The summed E-state index contributed by atoms with van der Waals surface area (Å²) in [5, 5.41) is 9.24. The lowest BCUT2D eigenvalue weighted by atomic mass is 10.0. The summed E-state index contributed by atoms with van der Waals surface area (Å²) in [6, 6.07) is 14.7. The van der Waals surface area contributed by atoms with E-state index in [9.17, 15) is 14.7 Å². The fourth-order valence-corrected chi connectivity index (χ4v) is 3.52. The molecule has 0 aliphatic heterocycles. The van der Waals surface area contributed by atoms with Crippen molar-refractivity contribution in [3.05, 3.63) is 59.7 Å². The summed E-state index contributed by atoms with van der Waals surface area (Å²) in [7, 11) is 0. The lowest BCUT2D eigenvalue weighted by Crippen LogP contribution is -2.40. The third-order valence-electron chi connectivity index (χ3n) is 5.74. The van der Waals surface area contributed by atoms with Crippen molar-refractivity contribution >= 4 is 12.1 Å². The van der Waals surface area contributed by atoms with Crippen LogP contribution in [-0.4, -0.2) is 54.5 Å². The summed E-state index contributed by atoms with van der Waals surface area (Å²) in [6.07, 6.45) is 0.996. The van der Waals surface area contributed by atoms with Gasteiger partial charge in [0.05, 0.1) is 6.54 Å². The molecular weight excluding hydrogens is 434 g/mol. The van der Waals surface area contributed by atoms with Crippen LogP contribution in [0.2, 0.25) is 0 Å². The second-order valence-corrected chi connectivity index (χ2v) is 8.29. The van der Waals surface area contributed by atoms with Crippen LogP contribution in [0.25, 0.3) is 0 Å². The zero-order valence-electron chi connectivity index (χ0n) is 20.7. The molecule has 0 aromatic heterocycles. The summed E-state index contributed by atoms with van der Waals surface area (Å²) < 4.78 is 16.7. The van der Waals surface area contributed by atoms with E-state index in [1.165, 1.54) is 0 Å². The Bertz CT molecular complexity index is 877. The SMILES string of the molecule is CCOC(Cc1ccc(OCCN(CC(CC)CC)C(=O)Oc2ccc(C)cc2)cc1)C(=O)O. The first-order valence-corrected chi connectivity index (χ1v) is 12.0. The Labute approximate surface area is 202 Å². The number of aliphatic carboxylic acids is 1. The van der Waals surface area contributed by atoms with Crippen LogP contribution in [0.4, 0.5) is 4.79 Å². The third-order valence-corrected chi connectivity index (χ3v) is 5.74. The van der Waals surface area contributed by atoms with Crippen LogP contribution in [0.5, 0.6) is 11.5 Å². The predicted molar refractivity (Wildman–Crippen MR) is 132 cm³/mol. The summed E-state index contributed by atoms with van der Waals surface area (Å²) in [6.45, 7) is 9.67. The van der Waals surface area contributed by atoms with Gasteiger partial charge in [0.25, 0.3) is 0 Å². The molecule has 34 heavy (non-hydrogen) atoms. The van der Waals surface area contributed by atoms with Gasteiger partial charge in [-0.15, -0.1) is 0 Å². The monoisotopic (exact) mass is 471 g/mol. The lowest BCUT2D eigenvalue weighted by Gasteiger charge is -2.26. The maximum atomic E-state index is 12.9. The standard InChI is InChI=1S/C27H37NO6/c1-5-21(6-2)19-28(27(31)34-24-12-8-20(4)9-13-24)16-17-33-23-14-10-22(11-15-23)18-25(26(29)30)32-7-3/h8-15,21,25H,5-7,16-19H2,1-4H3,(H,29,30). The van der Waals surface area contributed by atoms with Gasteiger partial charge in [-0.2, -0.15) is 0 Å². The number of benzene rings is 2. The van der Waals surface area contributed by atoms with Crippen LogP contribution in [-0.2, 0) is 16.0 Å². The van der Waals surface area contributed by atoms with Crippen molar-refractivity contribution in [2.45, 2.75) is 53.1 Å². The van der Waals surface area contributed by atoms with Crippen molar-refractivity contribution in [3.8, 4) is 11.5 Å². The number of carbonyl (C=O) groups excluding carboxylic acids is 1. The molecular formula is C27H37NO6. The van der Waals surface area contributed by atoms with Gasteiger partial charge in [0.1, 0.15) is 18.1 Å². The molecule has 0 aliphatic carbocycles. The normalized spacial score (nSPS) is 11.8. The minimum Gasteiger partial charge on any atom is -0.492 e. The molecule has 7 nitrogen and oxygen atoms in total. The minimum absolute atomic E-state index is 0.289. The van der Waals surface area contributed by atoms with E-state index >= 15 is 0 Å². The Balaban J connectivity index is 1.95. The smallest absolute Gasteiger partial charge is 0.415 e. The Hall–Kier alpha value is -3.06. The number of rotatable bonds is 14. The molecule has 1 N–H and O–H groups in total. The number of aryl methyl sites for hydroxylation is 1. The average molecular weight is 472 g/mol. The van der Waals surface area contributed by atoms with Gasteiger partial charge in [0.2, 0.25) is 0 Å². The number of carbonyl (C=O) groups is 2. The maximum absolute atomic E-state index is 12.9. The van der Waals surface area contributed by atoms with Gasteiger partial charge in [-0.25, -0.2) is 9.59 Å². The van der Waals surface area contributed by atoms with Crippen molar-refractivity contribution < 1.29 is 28.9 Å². The number of amides is 1. The summed E-state index contributed by atoms with van der Waals surface area (Å²) >= 11 is 0. The van der Waals surface area contributed by atoms with Crippen LogP contribution in [0.1, 0.15) is 44.7 Å². The summed E-state index contributed by atoms with van der Waals surface area (Å²) in [5.74, 6) is 0.587.